The molecule has 1 aliphatic heterocycles. The first-order valence-electron chi connectivity index (χ1n) is 5.90. The molecule has 0 aliphatic carbocycles. The van der Waals surface area contributed by atoms with Crippen LogP contribution >= 0.6 is 0 Å². The largest absolute Gasteiger partial charge is 0.469 e. The maximum Gasteiger partial charge on any atom is 0.306 e. The number of ether oxygens (including phenoxy) is 1. The number of esters is 1. The summed E-state index contributed by atoms with van der Waals surface area (Å²) < 4.78 is 31.1. The molecule has 8 nitrogen and oxygen atoms in total. The predicted molar refractivity (Wildman–Crippen MR) is 67.1 cm³/mol. The van der Waals surface area contributed by atoms with Crippen LogP contribution in [0.25, 0.3) is 0 Å². The average molecular weight is 293 g/mol. The van der Waals surface area contributed by atoms with Gasteiger partial charge in [0.25, 0.3) is 10.2 Å². The summed E-state index contributed by atoms with van der Waals surface area (Å²) in [6.07, 6.45) is 0.985. The van der Waals surface area contributed by atoms with Gasteiger partial charge in [0.15, 0.2) is 0 Å². The second-order valence-corrected chi connectivity index (χ2v) is 6.31. The molecule has 0 aromatic carbocycles. The molecule has 1 aliphatic rings. The molecule has 0 aromatic heterocycles. The van der Waals surface area contributed by atoms with Crippen LogP contribution in [0.5, 0.6) is 0 Å². The van der Waals surface area contributed by atoms with E-state index in [1.165, 1.54) is 14.2 Å². The zero-order chi connectivity index (χ0) is 14.6. The number of hydrogen-bond acceptors (Lipinski definition) is 5. The molecule has 0 bridgehead atoms. The van der Waals surface area contributed by atoms with Gasteiger partial charge in [-0.25, -0.2) is 0 Å². The van der Waals surface area contributed by atoms with Crippen LogP contribution in [0.2, 0.25) is 0 Å². The Labute approximate surface area is 112 Å². The molecule has 1 fully saturated rings. The summed E-state index contributed by atoms with van der Waals surface area (Å²) in [6.45, 7) is 0.259. The molecule has 1 saturated heterocycles. The third kappa shape index (κ3) is 3.64. The van der Waals surface area contributed by atoms with Crippen molar-refractivity contribution < 1.29 is 22.7 Å². The summed E-state index contributed by atoms with van der Waals surface area (Å²) in [4.78, 5) is 22.2. The van der Waals surface area contributed by atoms with Gasteiger partial charge in [0, 0.05) is 20.1 Å². The fraction of sp³-hybridized carbons (Fsp3) is 0.800. The van der Waals surface area contributed by atoms with Crippen molar-refractivity contribution in [2.45, 2.75) is 25.3 Å². The first-order chi connectivity index (χ1) is 8.80. The SMILES string of the molecule is COC(=O)CCN(C)S(=O)(=O)N1CCCC1C(N)=O. The van der Waals surface area contributed by atoms with E-state index in [2.05, 4.69) is 4.74 Å². The molecule has 0 aromatic rings. The van der Waals surface area contributed by atoms with Crippen molar-refractivity contribution >= 4 is 22.1 Å². The van der Waals surface area contributed by atoms with E-state index >= 15 is 0 Å². The summed E-state index contributed by atoms with van der Waals surface area (Å²) in [6, 6.07) is -0.800. The first-order valence-corrected chi connectivity index (χ1v) is 7.29. The number of methoxy groups -OCH3 is 1. The topological polar surface area (TPSA) is 110 Å². The molecule has 1 atom stereocenters. The van der Waals surface area contributed by atoms with Crippen molar-refractivity contribution in [1.82, 2.24) is 8.61 Å². The molecule has 1 amide bonds. The fourth-order valence-corrected chi connectivity index (χ4v) is 3.52. The minimum Gasteiger partial charge on any atom is -0.469 e. The van der Waals surface area contributed by atoms with Gasteiger partial charge in [0.1, 0.15) is 6.04 Å². The molecule has 2 N–H and O–H groups in total. The number of amides is 1. The predicted octanol–water partition coefficient (Wildman–Crippen LogP) is -1.32. The van der Waals surface area contributed by atoms with Crippen LogP contribution in [0.3, 0.4) is 0 Å². The number of nitrogens with zero attached hydrogens (tertiary/aromatic N) is 2. The Morgan fingerprint density at radius 3 is 2.63 bits per heavy atom. The van der Waals surface area contributed by atoms with Gasteiger partial charge >= 0.3 is 5.97 Å². The Morgan fingerprint density at radius 2 is 2.11 bits per heavy atom. The van der Waals surface area contributed by atoms with Crippen molar-refractivity contribution in [3.8, 4) is 0 Å². The first kappa shape index (κ1) is 15.9. The zero-order valence-corrected chi connectivity index (χ0v) is 11.9. The van der Waals surface area contributed by atoms with E-state index in [1.54, 1.807) is 0 Å². The normalized spacial score (nSPS) is 20.7. The Balaban J connectivity index is 2.74. The van der Waals surface area contributed by atoms with Gasteiger partial charge < -0.3 is 10.5 Å². The molecule has 19 heavy (non-hydrogen) atoms. The van der Waals surface area contributed by atoms with Gasteiger partial charge in [0.05, 0.1) is 13.5 Å². The Hall–Kier alpha value is -1.19. The van der Waals surface area contributed by atoms with Crippen LogP contribution in [-0.4, -0.2) is 62.2 Å². The molecule has 0 saturated carbocycles. The van der Waals surface area contributed by atoms with Crippen LogP contribution in [0.4, 0.5) is 0 Å². The molecule has 0 radical (unpaired) electrons. The molecular formula is C10H19N3O5S. The van der Waals surface area contributed by atoms with Crippen LogP contribution < -0.4 is 5.73 Å². The number of nitrogens with two attached hydrogens (primary N) is 1. The Kier molecular flexibility index (Phi) is 5.27. The van der Waals surface area contributed by atoms with Crippen LogP contribution in [0.15, 0.2) is 0 Å². The molecule has 1 unspecified atom stereocenters. The van der Waals surface area contributed by atoms with Crippen molar-refractivity contribution in [3.63, 3.8) is 0 Å². The molecular weight excluding hydrogens is 274 g/mol. The van der Waals surface area contributed by atoms with E-state index in [0.29, 0.717) is 12.8 Å². The monoisotopic (exact) mass is 293 g/mol. The lowest BCUT2D eigenvalue weighted by Gasteiger charge is -2.27. The second-order valence-electron chi connectivity index (χ2n) is 4.33. The third-order valence-corrected chi connectivity index (χ3v) is 5.08. The summed E-state index contributed by atoms with van der Waals surface area (Å²) in [7, 11) is -1.19. The quantitative estimate of drug-likeness (QED) is 0.610. The second kappa shape index (κ2) is 6.31. The van der Waals surface area contributed by atoms with Gasteiger partial charge in [-0.05, 0) is 12.8 Å². The maximum atomic E-state index is 12.2. The minimum atomic E-state index is -3.78. The molecule has 0 spiro atoms. The number of hydrogen-bond donors (Lipinski definition) is 1. The summed E-state index contributed by atoms with van der Waals surface area (Å²) in [5, 5.41) is 0. The van der Waals surface area contributed by atoms with E-state index < -0.39 is 28.1 Å². The zero-order valence-electron chi connectivity index (χ0n) is 11.0. The number of carbonyl (C=O) groups is 2. The maximum absolute atomic E-state index is 12.2. The molecule has 9 heteroatoms. The van der Waals surface area contributed by atoms with Crippen molar-refractivity contribution in [2.24, 2.45) is 5.73 Å². The number of rotatable bonds is 6. The smallest absolute Gasteiger partial charge is 0.306 e. The number of primary amides is 1. The van der Waals surface area contributed by atoms with Gasteiger partial charge in [-0.3, -0.25) is 9.59 Å². The Morgan fingerprint density at radius 1 is 1.47 bits per heavy atom. The van der Waals surface area contributed by atoms with Crippen LogP contribution in [0, 0.1) is 0 Å². The lowest BCUT2D eigenvalue weighted by molar-refractivity contribution is -0.140. The highest BCUT2D eigenvalue weighted by Crippen LogP contribution is 2.22. The molecule has 1 rings (SSSR count). The molecule has 1 heterocycles. The number of carbonyl (C=O) groups excluding carboxylic acids is 2. The van der Waals surface area contributed by atoms with Gasteiger partial charge in [-0.1, -0.05) is 0 Å². The van der Waals surface area contributed by atoms with Gasteiger partial charge in [0.2, 0.25) is 5.91 Å². The van der Waals surface area contributed by atoms with Crippen LogP contribution in [0.1, 0.15) is 19.3 Å². The van der Waals surface area contributed by atoms with Gasteiger partial charge in [-0.2, -0.15) is 17.0 Å². The summed E-state index contributed by atoms with van der Waals surface area (Å²) in [5.41, 5.74) is 5.19. The lowest BCUT2D eigenvalue weighted by Crippen LogP contribution is -2.49. The standard InChI is InChI=1S/C10H19N3O5S/c1-12(7-5-9(14)18-2)19(16,17)13-6-3-4-8(13)10(11)15/h8H,3-7H2,1-2H3,(H2,11,15). The minimum absolute atomic E-state index is 0.00299. The average Bonchev–Trinajstić information content (AvgIpc) is 2.85. The van der Waals surface area contributed by atoms with E-state index in [-0.39, 0.29) is 19.5 Å². The van der Waals surface area contributed by atoms with Crippen molar-refractivity contribution in [1.29, 1.82) is 0 Å². The highest BCUT2D eigenvalue weighted by Gasteiger charge is 2.39. The summed E-state index contributed by atoms with van der Waals surface area (Å²) in [5.74, 6) is -1.14. The summed E-state index contributed by atoms with van der Waals surface area (Å²) >= 11 is 0. The van der Waals surface area contributed by atoms with E-state index in [4.69, 9.17) is 5.73 Å². The van der Waals surface area contributed by atoms with Gasteiger partial charge in [-0.15, -0.1) is 0 Å². The van der Waals surface area contributed by atoms with Crippen LogP contribution in [-0.2, 0) is 24.5 Å². The van der Waals surface area contributed by atoms with Crippen molar-refractivity contribution in [2.75, 3.05) is 27.2 Å². The Bertz CT molecular complexity index is 450. The highest BCUT2D eigenvalue weighted by molar-refractivity contribution is 7.86. The lowest BCUT2D eigenvalue weighted by atomic mass is 10.2. The van der Waals surface area contributed by atoms with E-state index in [0.717, 1.165) is 8.61 Å². The fourth-order valence-electron chi connectivity index (χ4n) is 1.95. The molecule has 110 valence electrons. The highest BCUT2D eigenvalue weighted by atomic mass is 32.2. The van der Waals surface area contributed by atoms with E-state index in [1.807, 2.05) is 0 Å². The van der Waals surface area contributed by atoms with E-state index in [9.17, 15) is 18.0 Å². The third-order valence-electron chi connectivity index (χ3n) is 3.08. The van der Waals surface area contributed by atoms with Crippen molar-refractivity contribution in [3.05, 3.63) is 0 Å².